The van der Waals surface area contributed by atoms with Gasteiger partial charge in [0.15, 0.2) is 0 Å². The molecule has 0 bridgehead atoms. The molecule has 0 N–H and O–H groups in total. The van der Waals surface area contributed by atoms with E-state index in [-0.39, 0.29) is 0 Å². The Bertz CT molecular complexity index is 1570. The van der Waals surface area contributed by atoms with Crippen LogP contribution < -0.4 is 10.7 Å². The minimum Gasteiger partial charge on any atom is -0.179 e. The highest BCUT2D eigenvalue weighted by Gasteiger charge is 2.20. The normalized spacial score (nSPS) is 15.1. The van der Waals surface area contributed by atoms with Crippen LogP contribution in [0.1, 0.15) is 0 Å². The lowest BCUT2D eigenvalue weighted by Crippen LogP contribution is -2.24. The molecule has 0 spiro atoms. The molecule has 1 heterocycles. The number of hydrogen-bond donors (Lipinski definition) is 0. The van der Waals surface area contributed by atoms with Gasteiger partial charge in [-0.15, -0.1) is 8.80 Å². The molecule has 0 saturated carbocycles. The van der Waals surface area contributed by atoms with Crippen molar-refractivity contribution in [1.82, 2.24) is 0 Å². The van der Waals surface area contributed by atoms with Gasteiger partial charge >= 0.3 is 10.2 Å². The highest BCUT2D eigenvalue weighted by atomic mass is 32.2. The highest BCUT2D eigenvalue weighted by molar-refractivity contribution is 7.88. The maximum Gasteiger partial charge on any atom is 0.364 e. The molecule has 0 saturated heterocycles. The second kappa shape index (κ2) is 4.90. The fourth-order valence-corrected chi connectivity index (χ4v) is 5.03. The lowest BCUT2D eigenvalue weighted by Gasteiger charge is -2.10. The second-order valence-corrected chi connectivity index (χ2v) is 8.01. The summed E-state index contributed by atoms with van der Waals surface area (Å²) in [5.74, 6) is 0. The molecule has 27 heavy (non-hydrogen) atoms. The summed E-state index contributed by atoms with van der Waals surface area (Å²) in [6, 6.07) is 24.2. The van der Waals surface area contributed by atoms with Crippen LogP contribution in [0.15, 0.2) is 81.6 Å². The van der Waals surface area contributed by atoms with E-state index in [1.807, 2.05) is 48.5 Å². The second-order valence-electron chi connectivity index (χ2n) is 6.75. The third-order valence-electron chi connectivity index (χ3n) is 5.26. The zero-order valence-corrected chi connectivity index (χ0v) is 14.9. The van der Waals surface area contributed by atoms with Crippen molar-refractivity contribution in [2.75, 3.05) is 0 Å². The highest BCUT2D eigenvalue weighted by Crippen LogP contribution is 2.31. The quantitative estimate of drug-likeness (QED) is 0.390. The average molecular weight is 368 g/mol. The maximum absolute atomic E-state index is 12.3. The van der Waals surface area contributed by atoms with E-state index >= 15 is 0 Å². The van der Waals surface area contributed by atoms with E-state index in [0.29, 0.717) is 10.7 Å². The van der Waals surface area contributed by atoms with Gasteiger partial charge < -0.3 is 0 Å². The topological polar surface area (TPSA) is 58.9 Å². The first kappa shape index (κ1) is 14.8. The predicted octanol–water partition coefficient (Wildman–Crippen LogP) is 3.80. The molecule has 0 fully saturated rings. The Balaban J connectivity index is 2.08. The van der Waals surface area contributed by atoms with E-state index in [1.165, 1.54) is 0 Å². The fraction of sp³-hybridized carbons (Fsp3) is 0. The molecule has 0 aliphatic carbocycles. The number of hydrogen-bond acceptors (Lipinski definition) is 2. The zero-order chi connectivity index (χ0) is 18.2. The molecule has 5 aromatic rings. The molecule has 0 atom stereocenters. The van der Waals surface area contributed by atoms with Crippen molar-refractivity contribution in [3.05, 3.63) is 83.5 Å². The minimum absolute atomic E-state index is 0.450. The molecule has 0 amide bonds. The summed E-state index contributed by atoms with van der Waals surface area (Å²) in [5, 5.41) is 8.63. The van der Waals surface area contributed by atoms with Crippen molar-refractivity contribution >= 4 is 53.3 Å². The molecule has 5 heteroatoms. The first-order valence-electron chi connectivity index (χ1n) is 8.62. The van der Waals surface area contributed by atoms with Crippen LogP contribution in [-0.2, 0) is 10.2 Å². The van der Waals surface area contributed by atoms with Gasteiger partial charge in [-0.2, -0.15) is 8.42 Å². The lowest BCUT2D eigenvalue weighted by molar-refractivity contribution is 0.599. The maximum atomic E-state index is 12.3. The van der Waals surface area contributed by atoms with Crippen LogP contribution in [0.5, 0.6) is 0 Å². The number of fused-ring (bicyclic) bond motifs is 10. The summed E-state index contributed by atoms with van der Waals surface area (Å²) in [6.07, 6.45) is 0. The SMILES string of the molecule is O=S1(=O)N=c2c(c3c4ccccc4ccc3c3ccc4ccccc4c23)=N1. The standard InChI is InChI=1S/C22H12N2O2S/c25-27(26)23-21-19-15-7-3-1-5-13(15)9-11-17(19)18-12-10-14-6-2-4-8-16(14)20(18)22(21)24-27/h1-12H. The Labute approximate surface area is 154 Å². The summed E-state index contributed by atoms with van der Waals surface area (Å²) < 4.78 is 32.7. The van der Waals surface area contributed by atoms with Gasteiger partial charge in [0, 0.05) is 10.8 Å². The third-order valence-corrected chi connectivity index (χ3v) is 6.09. The summed E-state index contributed by atoms with van der Waals surface area (Å²) in [6.45, 7) is 0. The van der Waals surface area contributed by atoms with Gasteiger partial charge in [-0.25, -0.2) is 0 Å². The molecule has 1 aliphatic heterocycles. The van der Waals surface area contributed by atoms with Crippen molar-refractivity contribution < 1.29 is 8.42 Å². The zero-order valence-electron chi connectivity index (χ0n) is 14.0. The Morgan fingerprint density at radius 1 is 0.519 bits per heavy atom. The van der Waals surface area contributed by atoms with Crippen molar-refractivity contribution in [3.63, 3.8) is 0 Å². The Morgan fingerprint density at radius 2 is 0.963 bits per heavy atom. The molecular weight excluding hydrogens is 356 g/mol. The molecule has 128 valence electrons. The smallest absolute Gasteiger partial charge is 0.179 e. The largest absolute Gasteiger partial charge is 0.364 e. The van der Waals surface area contributed by atoms with Gasteiger partial charge in [-0.1, -0.05) is 72.8 Å². The van der Waals surface area contributed by atoms with Crippen LogP contribution in [0.3, 0.4) is 0 Å². The first-order valence-corrected chi connectivity index (χ1v) is 10.0. The van der Waals surface area contributed by atoms with Gasteiger partial charge in [0.05, 0.1) is 0 Å². The summed E-state index contributed by atoms with van der Waals surface area (Å²) in [4.78, 5) is 0. The Kier molecular flexibility index (Phi) is 2.69. The predicted molar refractivity (Wildman–Crippen MR) is 108 cm³/mol. The van der Waals surface area contributed by atoms with E-state index in [9.17, 15) is 8.42 Å². The molecule has 6 rings (SSSR count). The molecule has 0 aromatic heterocycles. The van der Waals surface area contributed by atoms with Gasteiger partial charge in [-0.3, -0.25) is 0 Å². The monoisotopic (exact) mass is 368 g/mol. The Morgan fingerprint density at radius 3 is 1.44 bits per heavy atom. The van der Waals surface area contributed by atoms with Crippen LogP contribution in [0, 0.1) is 0 Å². The van der Waals surface area contributed by atoms with Gasteiger partial charge in [-0.05, 0) is 32.3 Å². The number of nitrogens with zero attached hydrogens (tertiary/aromatic N) is 2. The third kappa shape index (κ3) is 1.94. The van der Waals surface area contributed by atoms with Crippen LogP contribution in [0.25, 0.3) is 43.1 Å². The number of rotatable bonds is 0. The lowest BCUT2D eigenvalue weighted by atomic mass is 9.93. The van der Waals surface area contributed by atoms with Crippen LogP contribution in [0.4, 0.5) is 0 Å². The molecule has 0 radical (unpaired) electrons. The van der Waals surface area contributed by atoms with Crippen LogP contribution >= 0.6 is 0 Å². The van der Waals surface area contributed by atoms with E-state index in [1.54, 1.807) is 0 Å². The van der Waals surface area contributed by atoms with Gasteiger partial charge in [0.1, 0.15) is 10.7 Å². The van der Waals surface area contributed by atoms with Crippen molar-refractivity contribution in [1.29, 1.82) is 0 Å². The fourth-order valence-electron chi connectivity index (χ4n) is 4.17. The van der Waals surface area contributed by atoms with Crippen molar-refractivity contribution in [2.45, 2.75) is 0 Å². The average Bonchev–Trinajstić information content (AvgIpc) is 3.02. The summed E-state index contributed by atoms with van der Waals surface area (Å²) in [5.41, 5.74) is 0. The minimum atomic E-state index is -3.88. The first-order chi connectivity index (χ1) is 13.1. The van der Waals surface area contributed by atoms with E-state index in [0.717, 1.165) is 43.1 Å². The molecular formula is C22H12N2O2S. The van der Waals surface area contributed by atoms with Gasteiger partial charge in [0.2, 0.25) is 0 Å². The van der Waals surface area contributed by atoms with Crippen molar-refractivity contribution in [2.24, 2.45) is 8.80 Å². The van der Waals surface area contributed by atoms with Gasteiger partial charge in [0.25, 0.3) is 0 Å². The van der Waals surface area contributed by atoms with Crippen LogP contribution in [0.2, 0.25) is 0 Å². The van der Waals surface area contributed by atoms with E-state index < -0.39 is 10.2 Å². The summed E-state index contributed by atoms with van der Waals surface area (Å²) >= 11 is 0. The van der Waals surface area contributed by atoms with E-state index in [2.05, 4.69) is 33.1 Å². The number of benzene rings is 5. The van der Waals surface area contributed by atoms with Crippen molar-refractivity contribution in [3.8, 4) is 0 Å². The Hall–Kier alpha value is -3.31. The molecule has 1 aliphatic rings. The molecule has 5 aromatic carbocycles. The van der Waals surface area contributed by atoms with Crippen LogP contribution in [-0.4, -0.2) is 8.42 Å². The summed E-state index contributed by atoms with van der Waals surface area (Å²) in [7, 11) is -3.88. The van der Waals surface area contributed by atoms with E-state index in [4.69, 9.17) is 0 Å². The molecule has 4 nitrogen and oxygen atoms in total. The molecule has 0 unspecified atom stereocenters.